The van der Waals surface area contributed by atoms with Crippen LogP contribution in [0.15, 0.2) is 53.1 Å². The zero-order valence-corrected chi connectivity index (χ0v) is 14.5. The highest BCUT2D eigenvalue weighted by atomic mass is 16.5. The van der Waals surface area contributed by atoms with Crippen LogP contribution in [0.2, 0.25) is 0 Å². The molecule has 0 aliphatic rings. The lowest BCUT2D eigenvalue weighted by molar-refractivity contribution is 0.101. The lowest BCUT2D eigenvalue weighted by Gasteiger charge is -2.10. The molecule has 25 heavy (non-hydrogen) atoms. The summed E-state index contributed by atoms with van der Waals surface area (Å²) in [7, 11) is 0. The first-order valence-corrected chi connectivity index (χ1v) is 8.06. The van der Waals surface area contributed by atoms with Crippen molar-refractivity contribution < 1.29 is 14.1 Å². The molecular weight excluding hydrogens is 316 g/mol. The largest absolute Gasteiger partial charge is 0.488 e. The van der Waals surface area contributed by atoms with Gasteiger partial charge in [0, 0.05) is 5.69 Å². The molecule has 5 heteroatoms. The van der Waals surface area contributed by atoms with E-state index in [0.717, 1.165) is 11.3 Å². The molecule has 5 nitrogen and oxygen atoms in total. The monoisotopic (exact) mass is 336 g/mol. The molecule has 0 radical (unpaired) electrons. The smallest absolute Gasteiger partial charge is 0.278 e. The van der Waals surface area contributed by atoms with Crippen LogP contribution in [0.3, 0.4) is 0 Å². The van der Waals surface area contributed by atoms with Gasteiger partial charge in [-0.25, -0.2) is 0 Å². The van der Waals surface area contributed by atoms with Gasteiger partial charge < -0.3 is 14.6 Å². The third-order valence-electron chi connectivity index (χ3n) is 3.93. The van der Waals surface area contributed by atoms with Gasteiger partial charge in [-0.1, -0.05) is 41.1 Å². The Morgan fingerprint density at radius 3 is 2.60 bits per heavy atom. The zero-order valence-electron chi connectivity index (χ0n) is 14.5. The number of nitrogens with zero attached hydrogens (tertiary/aromatic N) is 1. The maximum absolute atomic E-state index is 12.5. The number of amides is 1. The SMILES string of the molecule is Cc1ccc(OCc2c(C(=O)Nc3ccccc3)noc2C)c(C)c1. The highest BCUT2D eigenvalue weighted by Gasteiger charge is 2.20. The van der Waals surface area contributed by atoms with Crippen molar-refractivity contribution in [3.63, 3.8) is 0 Å². The van der Waals surface area contributed by atoms with Crippen molar-refractivity contribution in [1.29, 1.82) is 0 Å². The normalized spacial score (nSPS) is 10.5. The van der Waals surface area contributed by atoms with Gasteiger partial charge in [0.1, 0.15) is 18.1 Å². The molecule has 128 valence electrons. The molecule has 0 saturated heterocycles. The van der Waals surface area contributed by atoms with Crippen molar-refractivity contribution >= 4 is 11.6 Å². The van der Waals surface area contributed by atoms with Gasteiger partial charge in [-0.15, -0.1) is 0 Å². The Morgan fingerprint density at radius 2 is 1.88 bits per heavy atom. The molecule has 1 aromatic heterocycles. The number of hydrogen-bond donors (Lipinski definition) is 1. The van der Waals surface area contributed by atoms with Gasteiger partial charge in [-0.05, 0) is 44.5 Å². The molecule has 0 spiro atoms. The number of ether oxygens (including phenoxy) is 1. The van der Waals surface area contributed by atoms with Crippen LogP contribution in [0, 0.1) is 20.8 Å². The summed E-state index contributed by atoms with van der Waals surface area (Å²) in [5.41, 5.74) is 3.81. The number of nitrogens with one attached hydrogen (secondary N) is 1. The number of benzene rings is 2. The molecule has 1 N–H and O–H groups in total. The van der Waals surface area contributed by atoms with Crippen LogP contribution in [0.25, 0.3) is 0 Å². The standard InChI is InChI=1S/C20H20N2O3/c1-13-9-10-18(14(2)11-13)24-12-17-15(3)25-22-19(17)20(23)21-16-7-5-4-6-8-16/h4-11H,12H2,1-3H3,(H,21,23). The Morgan fingerprint density at radius 1 is 1.12 bits per heavy atom. The Balaban J connectivity index is 1.76. The van der Waals surface area contributed by atoms with Crippen LogP contribution >= 0.6 is 0 Å². The minimum Gasteiger partial charge on any atom is -0.488 e. The summed E-state index contributed by atoms with van der Waals surface area (Å²) in [5.74, 6) is 1.03. The van der Waals surface area contributed by atoms with Crippen molar-refractivity contribution in [2.45, 2.75) is 27.4 Å². The quantitative estimate of drug-likeness (QED) is 0.748. The summed E-state index contributed by atoms with van der Waals surface area (Å²) in [5, 5.41) is 6.71. The van der Waals surface area contributed by atoms with Gasteiger partial charge in [-0.2, -0.15) is 0 Å². The van der Waals surface area contributed by atoms with Gasteiger partial charge in [0.25, 0.3) is 5.91 Å². The van der Waals surface area contributed by atoms with Crippen molar-refractivity contribution in [2.75, 3.05) is 5.32 Å². The van der Waals surface area contributed by atoms with Crippen molar-refractivity contribution in [3.05, 3.63) is 76.7 Å². The fourth-order valence-electron chi connectivity index (χ4n) is 2.56. The third-order valence-corrected chi connectivity index (χ3v) is 3.93. The number of anilines is 1. The second-order valence-electron chi connectivity index (χ2n) is 5.94. The van der Waals surface area contributed by atoms with Crippen molar-refractivity contribution in [2.24, 2.45) is 0 Å². The minimum absolute atomic E-state index is 0.219. The highest BCUT2D eigenvalue weighted by molar-refractivity contribution is 6.03. The van der Waals surface area contributed by atoms with Crippen molar-refractivity contribution in [3.8, 4) is 5.75 Å². The number of aromatic nitrogens is 1. The van der Waals surface area contributed by atoms with Gasteiger partial charge in [0.15, 0.2) is 5.69 Å². The molecule has 0 unspecified atom stereocenters. The van der Waals surface area contributed by atoms with Crippen LogP contribution in [-0.2, 0) is 6.61 Å². The molecule has 0 fully saturated rings. The topological polar surface area (TPSA) is 64.4 Å². The van der Waals surface area contributed by atoms with E-state index in [1.54, 1.807) is 6.92 Å². The molecule has 1 amide bonds. The van der Waals surface area contributed by atoms with Gasteiger partial charge in [-0.3, -0.25) is 4.79 Å². The van der Waals surface area contributed by atoms with Gasteiger partial charge in [0.2, 0.25) is 0 Å². The van der Waals surface area contributed by atoms with E-state index < -0.39 is 0 Å². The maximum Gasteiger partial charge on any atom is 0.278 e. The first-order valence-electron chi connectivity index (χ1n) is 8.06. The number of aryl methyl sites for hydroxylation is 3. The maximum atomic E-state index is 12.5. The zero-order chi connectivity index (χ0) is 17.8. The number of hydrogen-bond acceptors (Lipinski definition) is 4. The summed E-state index contributed by atoms with van der Waals surface area (Å²) in [4.78, 5) is 12.5. The Labute approximate surface area is 146 Å². The van der Waals surface area contributed by atoms with Crippen LogP contribution in [-0.4, -0.2) is 11.1 Å². The summed E-state index contributed by atoms with van der Waals surface area (Å²) in [6.07, 6.45) is 0. The summed E-state index contributed by atoms with van der Waals surface area (Å²) >= 11 is 0. The van der Waals surface area contributed by atoms with Crippen molar-refractivity contribution in [1.82, 2.24) is 5.16 Å². The molecule has 0 saturated carbocycles. The summed E-state index contributed by atoms with van der Waals surface area (Å²) in [6, 6.07) is 15.2. The fourth-order valence-corrected chi connectivity index (χ4v) is 2.56. The lowest BCUT2D eigenvalue weighted by atomic mass is 10.1. The van der Waals surface area contributed by atoms with Gasteiger partial charge >= 0.3 is 0 Å². The van der Waals surface area contributed by atoms with E-state index in [2.05, 4.69) is 16.5 Å². The molecule has 3 aromatic rings. The number of carbonyl (C=O) groups excluding carboxylic acids is 1. The number of rotatable bonds is 5. The van der Waals surface area contributed by atoms with E-state index in [1.165, 1.54) is 5.56 Å². The molecule has 0 aliphatic carbocycles. The van der Waals surface area contributed by atoms with Crippen LogP contribution in [0.1, 0.15) is 32.9 Å². The first-order chi connectivity index (χ1) is 12.0. The average molecular weight is 336 g/mol. The minimum atomic E-state index is -0.317. The third kappa shape index (κ3) is 3.88. The predicted molar refractivity (Wildman–Crippen MR) is 95.9 cm³/mol. The van der Waals surface area contributed by atoms with E-state index in [9.17, 15) is 4.79 Å². The highest BCUT2D eigenvalue weighted by Crippen LogP contribution is 2.22. The molecule has 3 rings (SSSR count). The molecule has 0 bridgehead atoms. The van der Waals surface area contributed by atoms with E-state index >= 15 is 0 Å². The Bertz CT molecular complexity index is 885. The average Bonchev–Trinajstić information content (AvgIpc) is 2.96. The second-order valence-corrected chi connectivity index (χ2v) is 5.94. The van der Waals surface area contributed by atoms with Crippen LogP contribution in [0.5, 0.6) is 5.75 Å². The van der Waals surface area contributed by atoms with Gasteiger partial charge in [0.05, 0.1) is 5.56 Å². The van der Waals surface area contributed by atoms with E-state index in [-0.39, 0.29) is 18.2 Å². The first kappa shape index (κ1) is 16.8. The van der Waals surface area contributed by atoms with E-state index in [1.807, 2.05) is 56.3 Å². The predicted octanol–water partition coefficient (Wildman–Crippen LogP) is 4.43. The van der Waals surface area contributed by atoms with E-state index in [4.69, 9.17) is 9.26 Å². The number of para-hydroxylation sites is 1. The second kappa shape index (κ2) is 7.21. The van der Waals surface area contributed by atoms with Crippen LogP contribution in [0.4, 0.5) is 5.69 Å². The molecule has 0 atom stereocenters. The molecule has 0 aliphatic heterocycles. The Kier molecular flexibility index (Phi) is 4.84. The molecular formula is C20H20N2O3. The molecule has 2 aromatic carbocycles. The molecule has 1 heterocycles. The van der Waals surface area contributed by atoms with E-state index in [0.29, 0.717) is 17.0 Å². The lowest BCUT2D eigenvalue weighted by Crippen LogP contribution is -2.15. The summed E-state index contributed by atoms with van der Waals surface area (Å²) < 4.78 is 11.1. The van der Waals surface area contributed by atoms with Crippen LogP contribution < -0.4 is 10.1 Å². The number of carbonyl (C=O) groups is 1. The summed E-state index contributed by atoms with van der Waals surface area (Å²) in [6.45, 7) is 6.02. The Hall–Kier alpha value is -3.08. The fraction of sp³-hybridized carbons (Fsp3) is 0.200.